The maximum atomic E-state index is 2.32. The van der Waals surface area contributed by atoms with Crippen molar-refractivity contribution in [3.8, 4) is 11.1 Å². The van der Waals surface area contributed by atoms with Gasteiger partial charge in [-0.1, -0.05) is 0 Å². The fourth-order valence-corrected chi connectivity index (χ4v) is 3.12. The second-order valence-corrected chi connectivity index (χ2v) is 5.17. The first-order chi connectivity index (χ1) is 7.62. The molecule has 0 aromatic heterocycles. The van der Waals surface area contributed by atoms with E-state index >= 15 is 0 Å². The van der Waals surface area contributed by atoms with Gasteiger partial charge >= 0.3 is 106 Å². The van der Waals surface area contributed by atoms with Crippen LogP contribution in [0, 0.1) is 0 Å². The standard InChI is InChI=1S/C15H13.Li/c1-15(2)13-9-5-3-7-11(13)12-8-4-6-10-14(12)15;/h3-9H,1-2H3;. The van der Waals surface area contributed by atoms with Crippen molar-refractivity contribution >= 4 is 22.0 Å². The Morgan fingerprint density at radius 2 is 1.56 bits per heavy atom. The Bertz CT molecular complexity index is 567. The number of fused-ring (bicyclic) bond motifs is 3. The average molecular weight is 200 g/mol. The molecule has 0 spiro atoms. The predicted molar refractivity (Wildman–Crippen MR) is 69.4 cm³/mol. The molecular weight excluding hydrogens is 187 g/mol. The third-order valence-corrected chi connectivity index (χ3v) is 3.79. The molecule has 0 saturated carbocycles. The number of rotatable bonds is 0. The van der Waals surface area contributed by atoms with Gasteiger partial charge in [-0.15, -0.1) is 0 Å². The molecule has 0 aliphatic heterocycles. The van der Waals surface area contributed by atoms with E-state index in [1.807, 2.05) is 0 Å². The molecule has 2 aromatic rings. The Balaban J connectivity index is 2.44. The van der Waals surface area contributed by atoms with E-state index < -0.39 is 0 Å². The molecule has 16 heavy (non-hydrogen) atoms. The SMILES string of the molecule is [Li][c]1cccc2c1C(C)(C)c1ccccc1-2. The summed E-state index contributed by atoms with van der Waals surface area (Å²) in [4.78, 5) is 0. The van der Waals surface area contributed by atoms with Crippen LogP contribution in [0.1, 0.15) is 25.0 Å². The van der Waals surface area contributed by atoms with Crippen LogP contribution in [0.15, 0.2) is 42.5 Å². The van der Waals surface area contributed by atoms with Crippen molar-refractivity contribution in [2.75, 3.05) is 0 Å². The van der Waals surface area contributed by atoms with E-state index in [0.29, 0.717) is 0 Å². The fourth-order valence-electron chi connectivity index (χ4n) is 3.12. The first-order valence-electron chi connectivity index (χ1n) is 5.82. The molecule has 1 aliphatic carbocycles. The van der Waals surface area contributed by atoms with Crippen molar-refractivity contribution in [2.24, 2.45) is 0 Å². The summed E-state index contributed by atoms with van der Waals surface area (Å²) < 4.78 is 1.40. The Labute approximate surface area is 106 Å². The molecule has 0 unspecified atom stereocenters. The van der Waals surface area contributed by atoms with Gasteiger partial charge in [0.1, 0.15) is 0 Å². The number of hydrogen-bond donors (Lipinski definition) is 0. The topological polar surface area (TPSA) is 0 Å². The van der Waals surface area contributed by atoms with Gasteiger partial charge in [-0.05, 0) is 0 Å². The minimum atomic E-state index is 0.150. The summed E-state index contributed by atoms with van der Waals surface area (Å²) in [5.41, 5.74) is 5.93. The molecule has 0 amide bonds. The van der Waals surface area contributed by atoms with Crippen molar-refractivity contribution in [3.63, 3.8) is 0 Å². The zero-order valence-corrected chi connectivity index (χ0v) is 10.0. The van der Waals surface area contributed by atoms with Crippen molar-refractivity contribution in [1.82, 2.24) is 0 Å². The second kappa shape index (κ2) is 3.26. The van der Waals surface area contributed by atoms with Crippen molar-refractivity contribution in [3.05, 3.63) is 53.6 Å². The summed E-state index contributed by atoms with van der Waals surface area (Å²) in [7, 11) is 0. The van der Waals surface area contributed by atoms with E-state index in [-0.39, 0.29) is 5.41 Å². The van der Waals surface area contributed by atoms with Gasteiger partial charge in [-0.2, -0.15) is 0 Å². The molecule has 74 valence electrons. The first kappa shape index (κ1) is 10.2. The van der Waals surface area contributed by atoms with E-state index in [4.69, 9.17) is 0 Å². The Morgan fingerprint density at radius 1 is 0.875 bits per heavy atom. The van der Waals surface area contributed by atoms with Crippen LogP contribution in [0.25, 0.3) is 11.1 Å². The molecule has 1 heteroatoms. The molecule has 0 nitrogen and oxygen atoms in total. The third-order valence-electron chi connectivity index (χ3n) is 3.79. The molecule has 0 fully saturated rings. The van der Waals surface area contributed by atoms with Crippen molar-refractivity contribution in [1.29, 1.82) is 0 Å². The van der Waals surface area contributed by atoms with Gasteiger partial charge < -0.3 is 0 Å². The summed E-state index contributed by atoms with van der Waals surface area (Å²) >= 11 is 2.21. The van der Waals surface area contributed by atoms with E-state index in [1.165, 1.54) is 26.5 Å². The van der Waals surface area contributed by atoms with Gasteiger partial charge in [0.05, 0.1) is 0 Å². The fraction of sp³-hybridized carbons (Fsp3) is 0.200. The molecule has 0 heterocycles. The Hall–Kier alpha value is -0.963. The van der Waals surface area contributed by atoms with Crippen LogP contribution < -0.4 is 4.24 Å². The molecule has 2 aromatic carbocycles. The zero-order chi connectivity index (χ0) is 11.3. The predicted octanol–water partition coefficient (Wildman–Crippen LogP) is 2.79. The molecule has 0 bridgehead atoms. The van der Waals surface area contributed by atoms with Gasteiger partial charge in [-0.25, -0.2) is 0 Å². The summed E-state index contributed by atoms with van der Waals surface area (Å²) in [5.74, 6) is 0. The van der Waals surface area contributed by atoms with E-state index in [9.17, 15) is 0 Å². The molecule has 0 saturated heterocycles. The van der Waals surface area contributed by atoms with Gasteiger partial charge in [-0.3, -0.25) is 0 Å². The van der Waals surface area contributed by atoms with Crippen molar-refractivity contribution in [2.45, 2.75) is 19.3 Å². The van der Waals surface area contributed by atoms with E-state index in [0.717, 1.165) is 0 Å². The first-order valence-corrected chi connectivity index (χ1v) is 5.82. The average Bonchev–Trinajstić information content (AvgIpc) is 2.50. The minimum absolute atomic E-state index is 0.150. The summed E-state index contributed by atoms with van der Waals surface area (Å²) in [6, 6.07) is 15.4. The van der Waals surface area contributed by atoms with E-state index in [1.54, 1.807) is 0 Å². The van der Waals surface area contributed by atoms with Crippen LogP contribution in [0.3, 0.4) is 0 Å². The third kappa shape index (κ3) is 1.18. The Morgan fingerprint density at radius 3 is 2.38 bits per heavy atom. The molecule has 0 radical (unpaired) electrons. The van der Waals surface area contributed by atoms with Gasteiger partial charge in [0.25, 0.3) is 0 Å². The molecule has 0 N–H and O–H groups in total. The van der Waals surface area contributed by atoms with Crippen LogP contribution in [-0.2, 0) is 5.41 Å². The van der Waals surface area contributed by atoms with Gasteiger partial charge in [0, 0.05) is 0 Å². The van der Waals surface area contributed by atoms with Crippen LogP contribution in [0.5, 0.6) is 0 Å². The molecule has 1 aliphatic rings. The second-order valence-electron chi connectivity index (χ2n) is 5.17. The molecular formula is C15H13Li. The van der Waals surface area contributed by atoms with Crippen LogP contribution >= 0.6 is 0 Å². The molecule has 3 rings (SSSR count). The zero-order valence-electron chi connectivity index (χ0n) is 10.0. The quantitative estimate of drug-likeness (QED) is 0.573. The Kier molecular flexibility index (Phi) is 2.08. The number of benzene rings is 2. The number of hydrogen-bond acceptors (Lipinski definition) is 0. The van der Waals surface area contributed by atoms with Crippen LogP contribution in [-0.4, -0.2) is 17.7 Å². The maximum absolute atomic E-state index is 2.32. The molecule has 0 atom stereocenters. The van der Waals surface area contributed by atoms with E-state index in [2.05, 4.69) is 74.0 Å². The van der Waals surface area contributed by atoms with Gasteiger partial charge in [0.2, 0.25) is 0 Å². The summed E-state index contributed by atoms with van der Waals surface area (Å²) in [6.45, 7) is 4.65. The normalized spacial score (nSPS) is 15.8. The van der Waals surface area contributed by atoms with Crippen LogP contribution in [0.4, 0.5) is 0 Å². The monoisotopic (exact) mass is 200 g/mol. The van der Waals surface area contributed by atoms with Gasteiger partial charge in [0.15, 0.2) is 0 Å². The summed E-state index contributed by atoms with van der Waals surface area (Å²) in [5, 5.41) is 0. The summed E-state index contributed by atoms with van der Waals surface area (Å²) in [6.07, 6.45) is 0. The van der Waals surface area contributed by atoms with Crippen LogP contribution in [0.2, 0.25) is 0 Å². The van der Waals surface area contributed by atoms with Crippen molar-refractivity contribution < 1.29 is 0 Å².